The van der Waals surface area contributed by atoms with Crippen molar-refractivity contribution in [1.29, 1.82) is 0 Å². The maximum Gasteiger partial charge on any atom is 0.222 e. The highest BCUT2D eigenvalue weighted by Crippen LogP contribution is 2.07. The van der Waals surface area contributed by atoms with Gasteiger partial charge in [0.1, 0.15) is 0 Å². The minimum atomic E-state index is -0.195. The van der Waals surface area contributed by atoms with Crippen LogP contribution in [0, 0.1) is 0 Å². The fraction of sp³-hybridized carbons (Fsp3) is 0.556. The molecule has 4 heteroatoms. The topological polar surface area (TPSA) is 47.0 Å². The van der Waals surface area contributed by atoms with Crippen LogP contribution in [0.3, 0.4) is 0 Å². The summed E-state index contributed by atoms with van der Waals surface area (Å²) < 4.78 is 5.24. The summed E-state index contributed by atoms with van der Waals surface area (Å²) in [6.45, 7) is 4.69. The van der Waals surface area contributed by atoms with Crippen LogP contribution in [0.2, 0.25) is 0 Å². The van der Waals surface area contributed by atoms with Crippen molar-refractivity contribution in [1.82, 2.24) is 9.97 Å². The lowest BCUT2D eigenvalue weighted by Crippen LogP contribution is -2.32. The van der Waals surface area contributed by atoms with Crippen molar-refractivity contribution in [2.45, 2.75) is 19.4 Å². The van der Waals surface area contributed by atoms with Crippen molar-refractivity contribution in [2.75, 3.05) is 19.0 Å². The van der Waals surface area contributed by atoms with E-state index in [2.05, 4.69) is 15.3 Å². The molecule has 0 aliphatic rings. The summed E-state index contributed by atoms with van der Waals surface area (Å²) in [5.74, 6) is 0.632. The number of anilines is 1. The van der Waals surface area contributed by atoms with Crippen LogP contribution < -0.4 is 5.32 Å². The number of ether oxygens (including phenoxy) is 1. The van der Waals surface area contributed by atoms with Crippen LogP contribution in [0.5, 0.6) is 0 Å². The second kappa shape index (κ2) is 4.18. The van der Waals surface area contributed by atoms with Crippen LogP contribution >= 0.6 is 0 Å². The molecule has 13 heavy (non-hydrogen) atoms. The monoisotopic (exact) mass is 181 g/mol. The number of hydrogen-bond acceptors (Lipinski definition) is 4. The summed E-state index contributed by atoms with van der Waals surface area (Å²) >= 11 is 0. The summed E-state index contributed by atoms with van der Waals surface area (Å²) in [6, 6.07) is 1.78. The Hall–Kier alpha value is -1.16. The van der Waals surface area contributed by atoms with Gasteiger partial charge in [-0.15, -0.1) is 0 Å². The molecule has 0 saturated carbocycles. The normalized spacial score (nSPS) is 11.3. The first kappa shape index (κ1) is 9.92. The van der Waals surface area contributed by atoms with Gasteiger partial charge < -0.3 is 10.1 Å². The maximum atomic E-state index is 5.24. The number of nitrogens with one attached hydrogen (secondary N) is 1. The second-order valence-corrected chi connectivity index (χ2v) is 3.39. The molecule has 0 amide bonds. The number of hydrogen-bond donors (Lipinski definition) is 1. The van der Waals surface area contributed by atoms with E-state index in [1.807, 2.05) is 13.8 Å². The molecule has 1 aromatic rings. The molecule has 0 saturated heterocycles. The maximum absolute atomic E-state index is 5.24. The summed E-state index contributed by atoms with van der Waals surface area (Å²) in [4.78, 5) is 8.08. The predicted molar refractivity (Wildman–Crippen MR) is 51.6 cm³/mol. The van der Waals surface area contributed by atoms with Gasteiger partial charge in [0.15, 0.2) is 0 Å². The van der Waals surface area contributed by atoms with Gasteiger partial charge in [-0.2, -0.15) is 0 Å². The van der Waals surface area contributed by atoms with Crippen LogP contribution in [-0.4, -0.2) is 29.2 Å². The molecule has 0 aliphatic heterocycles. The molecule has 4 nitrogen and oxygen atoms in total. The van der Waals surface area contributed by atoms with Gasteiger partial charge in [0.05, 0.1) is 5.60 Å². The Labute approximate surface area is 78.4 Å². The number of aromatic nitrogens is 2. The van der Waals surface area contributed by atoms with E-state index in [0.29, 0.717) is 12.5 Å². The molecule has 0 spiro atoms. The molecule has 0 unspecified atom stereocenters. The lowest BCUT2D eigenvalue weighted by molar-refractivity contribution is 0.0342. The quantitative estimate of drug-likeness (QED) is 0.760. The molecule has 1 N–H and O–H groups in total. The summed E-state index contributed by atoms with van der Waals surface area (Å²) in [7, 11) is 1.69. The van der Waals surface area contributed by atoms with Gasteiger partial charge in [0.2, 0.25) is 5.95 Å². The molecule has 1 aromatic heterocycles. The zero-order valence-electron chi connectivity index (χ0n) is 8.24. The van der Waals surface area contributed by atoms with E-state index in [4.69, 9.17) is 4.74 Å². The van der Waals surface area contributed by atoms with Crippen molar-refractivity contribution in [2.24, 2.45) is 0 Å². The van der Waals surface area contributed by atoms with Crippen LogP contribution in [0.1, 0.15) is 13.8 Å². The summed E-state index contributed by atoms with van der Waals surface area (Å²) in [5, 5.41) is 3.09. The van der Waals surface area contributed by atoms with Crippen molar-refractivity contribution >= 4 is 5.95 Å². The molecule has 0 aliphatic carbocycles. The fourth-order valence-corrected chi connectivity index (χ4v) is 0.754. The molecule has 0 atom stereocenters. The van der Waals surface area contributed by atoms with Gasteiger partial charge in [-0.05, 0) is 19.9 Å². The van der Waals surface area contributed by atoms with Gasteiger partial charge in [-0.25, -0.2) is 9.97 Å². The molecule has 0 fully saturated rings. The predicted octanol–water partition coefficient (Wildman–Crippen LogP) is 1.31. The highest BCUT2D eigenvalue weighted by Gasteiger charge is 2.15. The first-order valence-corrected chi connectivity index (χ1v) is 4.20. The van der Waals surface area contributed by atoms with Crippen molar-refractivity contribution in [3.05, 3.63) is 18.5 Å². The lowest BCUT2D eigenvalue weighted by Gasteiger charge is -2.22. The molecule has 1 rings (SSSR count). The van der Waals surface area contributed by atoms with Crippen molar-refractivity contribution in [3.8, 4) is 0 Å². The third-order valence-electron chi connectivity index (χ3n) is 1.79. The first-order chi connectivity index (χ1) is 6.14. The molecule has 0 aromatic carbocycles. The third kappa shape index (κ3) is 3.38. The van der Waals surface area contributed by atoms with E-state index in [1.165, 1.54) is 0 Å². The number of rotatable bonds is 4. The average Bonchev–Trinajstić information content (AvgIpc) is 2.17. The van der Waals surface area contributed by atoms with Crippen molar-refractivity contribution in [3.63, 3.8) is 0 Å². The number of methoxy groups -OCH3 is 1. The van der Waals surface area contributed by atoms with Crippen LogP contribution in [-0.2, 0) is 4.74 Å². The zero-order chi connectivity index (χ0) is 9.73. The van der Waals surface area contributed by atoms with Gasteiger partial charge in [-0.1, -0.05) is 0 Å². The van der Waals surface area contributed by atoms with E-state index in [1.54, 1.807) is 25.6 Å². The SMILES string of the molecule is COC(C)(C)CNc1ncccn1. The minimum absolute atomic E-state index is 0.195. The molecule has 0 radical (unpaired) electrons. The van der Waals surface area contributed by atoms with Gasteiger partial charge >= 0.3 is 0 Å². The standard InChI is InChI=1S/C9H15N3O/c1-9(2,13-3)7-12-8-10-5-4-6-11-8/h4-6H,7H2,1-3H3,(H,10,11,12). The third-order valence-corrected chi connectivity index (χ3v) is 1.79. The summed E-state index contributed by atoms with van der Waals surface area (Å²) in [6.07, 6.45) is 3.41. The first-order valence-electron chi connectivity index (χ1n) is 4.20. The fourth-order valence-electron chi connectivity index (χ4n) is 0.754. The van der Waals surface area contributed by atoms with Crippen LogP contribution in [0.25, 0.3) is 0 Å². The Morgan fingerprint density at radius 2 is 2.00 bits per heavy atom. The van der Waals surface area contributed by atoms with E-state index >= 15 is 0 Å². The van der Waals surface area contributed by atoms with E-state index in [9.17, 15) is 0 Å². The molecule has 72 valence electrons. The largest absolute Gasteiger partial charge is 0.377 e. The smallest absolute Gasteiger partial charge is 0.222 e. The Balaban J connectivity index is 2.44. The summed E-state index contributed by atoms with van der Waals surface area (Å²) in [5.41, 5.74) is -0.195. The highest BCUT2D eigenvalue weighted by molar-refractivity contribution is 5.22. The van der Waals surface area contributed by atoms with E-state index in [0.717, 1.165) is 0 Å². The Morgan fingerprint density at radius 3 is 2.54 bits per heavy atom. The van der Waals surface area contributed by atoms with Crippen LogP contribution in [0.15, 0.2) is 18.5 Å². The molecular weight excluding hydrogens is 166 g/mol. The minimum Gasteiger partial charge on any atom is -0.377 e. The van der Waals surface area contributed by atoms with Gasteiger partial charge in [-0.3, -0.25) is 0 Å². The van der Waals surface area contributed by atoms with Gasteiger partial charge in [0, 0.05) is 26.0 Å². The number of nitrogens with zero attached hydrogens (tertiary/aromatic N) is 2. The zero-order valence-corrected chi connectivity index (χ0v) is 8.24. The van der Waals surface area contributed by atoms with Crippen molar-refractivity contribution < 1.29 is 4.74 Å². The lowest BCUT2D eigenvalue weighted by atomic mass is 10.1. The second-order valence-electron chi connectivity index (χ2n) is 3.39. The van der Waals surface area contributed by atoms with E-state index < -0.39 is 0 Å². The molecular formula is C9H15N3O. The molecule has 1 heterocycles. The molecule has 0 bridgehead atoms. The Bertz CT molecular complexity index is 248. The Morgan fingerprint density at radius 1 is 1.38 bits per heavy atom. The Kier molecular flexibility index (Phi) is 3.19. The van der Waals surface area contributed by atoms with Gasteiger partial charge in [0.25, 0.3) is 0 Å². The average molecular weight is 181 g/mol. The highest BCUT2D eigenvalue weighted by atomic mass is 16.5. The van der Waals surface area contributed by atoms with E-state index in [-0.39, 0.29) is 5.60 Å². The van der Waals surface area contributed by atoms with Crippen LogP contribution in [0.4, 0.5) is 5.95 Å².